The van der Waals surface area contributed by atoms with E-state index in [1.54, 1.807) is 6.92 Å². The highest BCUT2D eigenvalue weighted by Crippen LogP contribution is 2.33. The van der Waals surface area contributed by atoms with E-state index in [9.17, 15) is 4.79 Å². The van der Waals surface area contributed by atoms with E-state index in [2.05, 4.69) is 5.16 Å². The third kappa shape index (κ3) is 3.78. The number of nitrogens with zero attached hydrogens (tertiary/aromatic N) is 1. The van der Waals surface area contributed by atoms with Crippen molar-refractivity contribution in [1.82, 2.24) is 5.16 Å². The summed E-state index contributed by atoms with van der Waals surface area (Å²) in [7, 11) is 0. The molecule has 2 heterocycles. The van der Waals surface area contributed by atoms with Gasteiger partial charge in [-0.25, -0.2) is 4.79 Å². The first kappa shape index (κ1) is 17.9. The number of benzene rings is 2. The lowest BCUT2D eigenvalue weighted by molar-refractivity contribution is 0.0514. The van der Waals surface area contributed by atoms with Crippen LogP contribution in [-0.4, -0.2) is 37.1 Å². The number of hydrogen-bond donors (Lipinski definition) is 0. The van der Waals surface area contributed by atoms with E-state index in [-0.39, 0.29) is 18.4 Å². The van der Waals surface area contributed by atoms with Gasteiger partial charge in [-0.05, 0) is 31.2 Å². The maximum Gasteiger partial charge on any atom is 0.360 e. The zero-order valence-corrected chi connectivity index (χ0v) is 15.3. The van der Waals surface area contributed by atoms with Crippen LogP contribution >= 0.6 is 0 Å². The average molecular weight is 381 g/mol. The van der Waals surface area contributed by atoms with E-state index in [1.165, 1.54) is 6.07 Å². The molecule has 0 fully saturated rings. The fourth-order valence-corrected chi connectivity index (χ4v) is 2.83. The van der Waals surface area contributed by atoms with Crippen molar-refractivity contribution in [2.45, 2.75) is 13.0 Å². The summed E-state index contributed by atoms with van der Waals surface area (Å²) in [4.78, 5) is 11.8. The van der Waals surface area contributed by atoms with Crippen LogP contribution in [0.15, 0.2) is 59.1 Å². The monoisotopic (exact) mass is 381 g/mol. The van der Waals surface area contributed by atoms with Gasteiger partial charge in [0.25, 0.3) is 0 Å². The Balaban J connectivity index is 1.46. The molecule has 0 saturated carbocycles. The Hall–Kier alpha value is -3.48. The molecule has 0 amide bonds. The van der Waals surface area contributed by atoms with Crippen LogP contribution in [0.3, 0.4) is 0 Å². The smallest absolute Gasteiger partial charge is 0.360 e. The van der Waals surface area contributed by atoms with E-state index >= 15 is 0 Å². The number of carbonyl (C=O) groups is 1. The molecule has 7 heteroatoms. The SMILES string of the molecule is CCOC(=O)c1cc(-c2ccccc2OCC2COc3ccccc3O2)on1. The Labute approximate surface area is 161 Å². The highest BCUT2D eigenvalue weighted by molar-refractivity contribution is 5.88. The Morgan fingerprint density at radius 3 is 2.79 bits per heavy atom. The molecular weight excluding hydrogens is 362 g/mol. The second kappa shape index (κ2) is 8.04. The fraction of sp³-hybridized carbons (Fsp3) is 0.238. The molecule has 28 heavy (non-hydrogen) atoms. The number of fused-ring (bicyclic) bond motifs is 1. The third-order valence-electron chi connectivity index (χ3n) is 4.14. The van der Waals surface area contributed by atoms with Crippen LogP contribution in [0.25, 0.3) is 11.3 Å². The maximum absolute atomic E-state index is 11.8. The number of esters is 1. The van der Waals surface area contributed by atoms with Crippen molar-refractivity contribution in [2.24, 2.45) is 0 Å². The number of para-hydroxylation sites is 3. The van der Waals surface area contributed by atoms with Gasteiger partial charge in [-0.2, -0.15) is 0 Å². The summed E-state index contributed by atoms with van der Waals surface area (Å²) in [5.41, 5.74) is 0.801. The summed E-state index contributed by atoms with van der Waals surface area (Å²) in [5, 5.41) is 3.78. The van der Waals surface area contributed by atoms with Crippen LogP contribution in [0.4, 0.5) is 0 Å². The molecule has 0 aliphatic carbocycles. The minimum absolute atomic E-state index is 0.118. The highest BCUT2D eigenvalue weighted by atomic mass is 16.6. The fourth-order valence-electron chi connectivity index (χ4n) is 2.83. The van der Waals surface area contributed by atoms with Crippen molar-refractivity contribution >= 4 is 5.97 Å². The molecule has 0 bridgehead atoms. The quantitative estimate of drug-likeness (QED) is 0.602. The van der Waals surface area contributed by atoms with Gasteiger partial charge < -0.3 is 23.5 Å². The zero-order valence-electron chi connectivity index (χ0n) is 15.3. The molecule has 144 valence electrons. The van der Waals surface area contributed by atoms with Gasteiger partial charge in [-0.3, -0.25) is 0 Å². The Kier molecular flexibility index (Phi) is 5.14. The topological polar surface area (TPSA) is 80.0 Å². The summed E-state index contributed by atoms with van der Waals surface area (Å²) < 4.78 is 27.8. The highest BCUT2D eigenvalue weighted by Gasteiger charge is 2.22. The lowest BCUT2D eigenvalue weighted by Crippen LogP contribution is -2.34. The first-order valence-electron chi connectivity index (χ1n) is 8.99. The normalized spacial score (nSPS) is 15.1. The number of rotatable bonds is 6. The summed E-state index contributed by atoms with van der Waals surface area (Å²) in [6, 6.07) is 16.4. The number of hydrogen-bond acceptors (Lipinski definition) is 7. The summed E-state index contributed by atoms with van der Waals surface area (Å²) in [5.74, 6) is 1.92. The van der Waals surface area contributed by atoms with Gasteiger partial charge in [0.15, 0.2) is 29.1 Å². The zero-order chi connectivity index (χ0) is 19.3. The molecule has 1 aliphatic rings. The molecule has 3 aromatic rings. The lowest BCUT2D eigenvalue weighted by Gasteiger charge is -2.26. The van der Waals surface area contributed by atoms with Gasteiger partial charge in [-0.1, -0.05) is 29.4 Å². The molecule has 4 rings (SSSR count). The maximum atomic E-state index is 11.8. The number of aromatic nitrogens is 1. The minimum atomic E-state index is -0.526. The van der Waals surface area contributed by atoms with E-state index in [0.717, 1.165) is 5.75 Å². The van der Waals surface area contributed by atoms with Crippen molar-refractivity contribution in [3.63, 3.8) is 0 Å². The van der Waals surface area contributed by atoms with E-state index in [0.29, 0.717) is 36.0 Å². The number of carbonyl (C=O) groups excluding carboxylic acids is 1. The van der Waals surface area contributed by atoms with Crippen LogP contribution in [-0.2, 0) is 4.74 Å². The largest absolute Gasteiger partial charge is 0.489 e. The summed E-state index contributed by atoms with van der Waals surface area (Å²) in [6.45, 7) is 2.70. The van der Waals surface area contributed by atoms with Crippen molar-refractivity contribution in [3.8, 4) is 28.6 Å². The minimum Gasteiger partial charge on any atom is -0.489 e. The molecule has 1 aromatic heterocycles. The van der Waals surface area contributed by atoms with Crippen molar-refractivity contribution in [3.05, 3.63) is 60.3 Å². The molecule has 1 aliphatic heterocycles. The van der Waals surface area contributed by atoms with Gasteiger partial charge in [0.1, 0.15) is 19.0 Å². The van der Waals surface area contributed by atoms with Gasteiger partial charge in [0, 0.05) is 6.07 Å². The first-order chi connectivity index (χ1) is 13.7. The molecule has 1 atom stereocenters. The second-order valence-corrected chi connectivity index (χ2v) is 6.10. The van der Waals surface area contributed by atoms with Crippen LogP contribution < -0.4 is 14.2 Å². The van der Waals surface area contributed by atoms with Crippen molar-refractivity contribution < 1.29 is 28.3 Å². The van der Waals surface area contributed by atoms with Gasteiger partial charge in [-0.15, -0.1) is 0 Å². The van der Waals surface area contributed by atoms with Gasteiger partial charge in [0.05, 0.1) is 12.2 Å². The summed E-state index contributed by atoms with van der Waals surface area (Å²) >= 11 is 0. The molecule has 7 nitrogen and oxygen atoms in total. The second-order valence-electron chi connectivity index (χ2n) is 6.10. The Morgan fingerprint density at radius 2 is 1.93 bits per heavy atom. The van der Waals surface area contributed by atoms with E-state index in [4.69, 9.17) is 23.5 Å². The summed E-state index contributed by atoms with van der Waals surface area (Å²) in [6.07, 6.45) is -0.243. The van der Waals surface area contributed by atoms with E-state index in [1.807, 2.05) is 48.5 Å². The average Bonchev–Trinajstić information content (AvgIpc) is 3.23. The molecule has 0 radical (unpaired) electrons. The predicted molar refractivity (Wildman–Crippen MR) is 99.7 cm³/mol. The molecular formula is C21H19NO6. The molecule has 1 unspecified atom stereocenters. The Bertz CT molecular complexity index is 967. The third-order valence-corrected chi connectivity index (χ3v) is 4.14. The van der Waals surface area contributed by atoms with Crippen LogP contribution in [0.5, 0.6) is 17.2 Å². The predicted octanol–water partition coefficient (Wildman–Crippen LogP) is 3.74. The molecule has 0 spiro atoms. The van der Waals surface area contributed by atoms with Gasteiger partial charge >= 0.3 is 5.97 Å². The van der Waals surface area contributed by atoms with Crippen molar-refractivity contribution in [2.75, 3.05) is 19.8 Å². The van der Waals surface area contributed by atoms with Crippen LogP contribution in [0.1, 0.15) is 17.4 Å². The van der Waals surface area contributed by atoms with E-state index < -0.39 is 5.97 Å². The van der Waals surface area contributed by atoms with Crippen molar-refractivity contribution in [1.29, 1.82) is 0 Å². The lowest BCUT2D eigenvalue weighted by atomic mass is 10.1. The molecule has 0 N–H and O–H groups in total. The first-order valence-corrected chi connectivity index (χ1v) is 8.99. The number of ether oxygens (including phenoxy) is 4. The molecule has 0 saturated heterocycles. The van der Waals surface area contributed by atoms with Gasteiger partial charge in [0.2, 0.25) is 0 Å². The van der Waals surface area contributed by atoms with Crippen LogP contribution in [0, 0.1) is 0 Å². The Morgan fingerprint density at radius 1 is 1.14 bits per heavy atom. The standard InChI is InChI=1S/C21H19NO6/c1-2-24-21(23)16-11-20(28-22-16)15-7-3-4-8-17(15)25-12-14-13-26-18-9-5-6-10-19(18)27-14/h3-11,14H,2,12-13H2,1H3. The molecule has 2 aromatic carbocycles. The van der Waals surface area contributed by atoms with Crippen LogP contribution in [0.2, 0.25) is 0 Å².